The molecule has 1 N–H and O–H groups in total. The Bertz CT molecular complexity index is 979. The molecule has 2 heterocycles. The molecule has 0 bridgehead atoms. The monoisotopic (exact) mass is 364 g/mol. The lowest BCUT2D eigenvalue weighted by molar-refractivity contribution is -0.116. The van der Waals surface area contributed by atoms with E-state index in [9.17, 15) is 4.79 Å². The van der Waals surface area contributed by atoms with E-state index in [1.165, 1.54) is 5.52 Å². The first-order valence-corrected chi connectivity index (χ1v) is 9.36. The summed E-state index contributed by atoms with van der Waals surface area (Å²) in [7, 11) is 1.63. The molecule has 0 aliphatic carbocycles. The number of carbonyl (C=O) groups excluding carboxylic acids is 1. The normalized spacial score (nSPS) is 13.5. The third-order valence-electron chi connectivity index (χ3n) is 4.96. The second kappa shape index (κ2) is 7.31. The predicted molar refractivity (Wildman–Crippen MR) is 107 cm³/mol. The van der Waals surface area contributed by atoms with Gasteiger partial charge in [0.05, 0.1) is 30.4 Å². The van der Waals surface area contributed by atoms with Crippen LogP contribution in [0.2, 0.25) is 0 Å². The minimum Gasteiger partial charge on any atom is -0.494 e. The van der Waals surface area contributed by atoms with Gasteiger partial charge in [0.15, 0.2) is 0 Å². The molecule has 0 radical (unpaired) electrons. The lowest BCUT2D eigenvalue weighted by Crippen LogP contribution is -2.33. The van der Waals surface area contributed by atoms with E-state index in [1.54, 1.807) is 7.11 Å². The fraction of sp³-hybridized carbons (Fsp3) is 0.333. The van der Waals surface area contributed by atoms with Crippen LogP contribution in [0.15, 0.2) is 42.5 Å². The number of amides is 1. The van der Waals surface area contributed by atoms with E-state index in [0.29, 0.717) is 17.9 Å². The first-order chi connectivity index (χ1) is 13.2. The van der Waals surface area contributed by atoms with Crippen molar-refractivity contribution in [1.82, 2.24) is 9.55 Å². The second-order valence-corrected chi connectivity index (χ2v) is 6.77. The number of carbonyl (C=O) groups is 1. The highest BCUT2D eigenvalue weighted by molar-refractivity contribution is 5.92. The minimum absolute atomic E-state index is 0.00948. The number of nitrogens with one attached hydrogen (secondary N) is 1. The van der Waals surface area contributed by atoms with E-state index in [0.717, 1.165) is 43.1 Å². The standard InChI is InChI=1S/C21H24N4O2/c1-3-6-21(26)23-17-10-9-15(13-19(17)27-2)24-11-12-25-18-8-5-4-7-16(18)22-20(25)14-24/h4-5,7-10,13H,3,6,11-12,14H2,1-2H3,(H,23,26). The van der Waals surface area contributed by atoms with Gasteiger partial charge < -0.3 is 19.5 Å². The van der Waals surface area contributed by atoms with E-state index in [4.69, 9.17) is 9.72 Å². The number of hydrogen-bond acceptors (Lipinski definition) is 4. The highest BCUT2D eigenvalue weighted by Crippen LogP contribution is 2.32. The molecule has 1 amide bonds. The van der Waals surface area contributed by atoms with Crippen molar-refractivity contribution in [2.24, 2.45) is 0 Å². The fourth-order valence-electron chi connectivity index (χ4n) is 3.61. The van der Waals surface area contributed by atoms with E-state index >= 15 is 0 Å². The number of imidazole rings is 1. The molecule has 1 aromatic heterocycles. The van der Waals surface area contributed by atoms with Crippen LogP contribution in [0.25, 0.3) is 11.0 Å². The molecule has 0 saturated carbocycles. The molecule has 4 rings (SSSR count). The number of hydrogen-bond donors (Lipinski definition) is 1. The molecule has 6 nitrogen and oxygen atoms in total. The molecule has 1 aliphatic heterocycles. The van der Waals surface area contributed by atoms with Crippen molar-refractivity contribution in [2.45, 2.75) is 32.9 Å². The number of ether oxygens (including phenoxy) is 1. The molecule has 0 atom stereocenters. The van der Waals surface area contributed by atoms with Crippen LogP contribution >= 0.6 is 0 Å². The molecule has 0 fully saturated rings. The quantitative estimate of drug-likeness (QED) is 0.748. The van der Waals surface area contributed by atoms with Crippen LogP contribution in [0.3, 0.4) is 0 Å². The molecule has 0 spiro atoms. The van der Waals surface area contributed by atoms with Gasteiger partial charge in [-0.1, -0.05) is 19.1 Å². The zero-order valence-corrected chi connectivity index (χ0v) is 15.7. The van der Waals surface area contributed by atoms with Gasteiger partial charge in [0.25, 0.3) is 0 Å². The zero-order chi connectivity index (χ0) is 18.8. The van der Waals surface area contributed by atoms with E-state index < -0.39 is 0 Å². The summed E-state index contributed by atoms with van der Waals surface area (Å²) in [5, 5.41) is 2.93. The van der Waals surface area contributed by atoms with Gasteiger partial charge in [0.2, 0.25) is 5.91 Å². The molecule has 1 aliphatic rings. The van der Waals surface area contributed by atoms with Gasteiger partial charge >= 0.3 is 0 Å². The molecular weight excluding hydrogens is 340 g/mol. The summed E-state index contributed by atoms with van der Waals surface area (Å²) in [4.78, 5) is 19.0. The van der Waals surface area contributed by atoms with Crippen molar-refractivity contribution in [3.05, 3.63) is 48.3 Å². The maximum absolute atomic E-state index is 11.9. The van der Waals surface area contributed by atoms with Gasteiger partial charge in [0.1, 0.15) is 11.6 Å². The maximum atomic E-state index is 11.9. The second-order valence-electron chi connectivity index (χ2n) is 6.77. The van der Waals surface area contributed by atoms with Crippen molar-refractivity contribution in [2.75, 3.05) is 23.9 Å². The molecule has 2 aromatic carbocycles. The Morgan fingerprint density at radius 1 is 1.22 bits per heavy atom. The Morgan fingerprint density at radius 3 is 2.89 bits per heavy atom. The number of benzene rings is 2. The van der Waals surface area contributed by atoms with Crippen LogP contribution in [0.5, 0.6) is 5.75 Å². The largest absolute Gasteiger partial charge is 0.494 e. The van der Waals surface area contributed by atoms with E-state index in [1.807, 2.05) is 31.2 Å². The van der Waals surface area contributed by atoms with Crippen molar-refractivity contribution in [3.8, 4) is 5.75 Å². The van der Waals surface area contributed by atoms with Crippen LogP contribution in [-0.2, 0) is 17.9 Å². The van der Waals surface area contributed by atoms with Crippen molar-refractivity contribution < 1.29 is 9.53 Å². The van der Waals surface area contributed by atoms with Crippen LogP contribution in [0.1, 0.15) is 25.6 Å². The van der Waals surface area contributed by atoms with Crippen LogP contribution < -0.4 is 15.0 Å². The SMILES string of the molecule is CCCC(=O)Nc1ccc(N2CCn3c(nc4ccccc43)C2)cc1OC. The summed E-state index contributed by atoms with van der Waals surface area (Å²) in [5.74, 6) is 1.76. The molecule has 0 unspecified atom stereocenters. The van der Waals surface area contributed by atoms with Gasteiger partial charge in [-0.05, 0) is 30.7 Å². The van der Waals surface area contributed by atoms with Crippen LogP contribution in [0, 0.1) is 0 Å². The van der Waals surface area contributed by atoms with Gasteiger partial charge in [-0.15, -0.1) is 0 Å². The number of rotatable bonds is 5. The molecular formula is C21H24N4O2. The lowest BCUT2D eigenvalue weighted by Gasteiger charge is -2.30. The summed E-state index contributed by atoms with van der Waals surface area (Å²) in [6, 6.07) is 14.2. The summed E-state index contributed by atoms with van der Waals surface area (Å²) in [5.41, 5.74) is 4.02. The van der Waals surface area contributed by atoms with Crippen LogP contribution in [-0.4, -0.2) is 29.1 Å². The van der Waals surface area contributed by atoms with E-state index in [-0.39, 0.29) is 5.91 Å². The first kappa shape index (κ1) is 17.4. The topological polar surface area (TPSA) is 59.4 Å². The Hall–Kier alpha value is -3.02. The third-order valence-corrected chi connectivity index (χ3v) is 4.96. The summed E-state index contributed by atoms with van der Waals surface area (Å²) < 4.78 is 7.81. The molecule has 0 saturated heterocycles. The minimum atomic E-state index is 0.00948. The third kappa shape index (κ3) is 3.35. The number of fused-ring (bicyclic) bond motifs is 3. The summed E-state index contributed by atoms with van der Waals surface area (Å²) in [6.45, 7) is 4.54. The number of nitrogens with zero attached hydrogens (tertiary/aromatic N) is 3. The Balaban J connectivity index is 1.58. The number of aromatic nitrogens is 2. The van der Waals surface area contributed by atoms with Gasteiger partial charge in [-0.3, -0.25) is 4.79 Å². The molecule has 6 heteroatoms. The fourth-order valence-corrected chi connectivity index (χ4v) is 3.61. The first-order valence-electron chi connectivity index (χ1n) is 9.36. The Labute approximate surface area is 158 Å². The number of para-hydroxylation sites is 2. The van der Waals surface area contributed by atoms with Crippen LogP contribution in [0.4, 0.5) is 11.4 Å². The van der Waals surface area contributed by atoms with Gasteiger partial charge in [-0.25, -0.2) is 4.98 Å². The molecule has 27 heavy (non-hydrogen) atoms. The highest BCUT2D eigenvalue weighted by atomic mass is 16.5. The van der Waals surface area contributed by atoms with Gasteiger partial charge in [0, 0.05) is 31.3 Å². The number of methoxy groups -OCH3 is 1. The maximum Gasteiger partial charge on any atom is 0.224 e. The Kier molecular flexibility index (Phi) is 4.71. The van der Waals surface area contributed by atoms with E-state index in [2.05, 4.69) is 33.0 Å². The predicted octanol–water partition coefficient (Wildman–Crippen LogP) is 3.80. The van der Waals surface area contributed by atoms with Gasteiger partial charge in [-0.2, -0.15) is 0 Å². The Morgan fingerprint density at radius 2 is 2.07 bits per heavy atom. The zero-order valence-electron chi connectivity index (χ0n) is 15.7. The average molecular weight is 364 g/mol. The smallest absolute Gasteiger partial charge is 0.224 e. The van der Waals surface area contributed by atoms with Crippen molar-refractivity contribution in [3.63, 3.8) is 0 Å². The summed E-state index contributed by atoms with van der Waals surface area (Å²) >= 11 is 0. The molecule has 140 valence electrons. The average Bonchev–Trinajstić information content (AvgIpc) is 3.06. The lowest BCUT2D eigenvalue weighted by atomic mass is 10.2. The van der Waals surface area contributed by atoms with Crippen molar-refractivity contribution >= 4 is 28.3 Å². The number of anilines is 2. The highest BCUT2D eigenvalue weighted by Gasteiger charge is 2.21. The molecule has 3 aromatic rings. The summed E-state index contributed by atoms with van der Waals surface area (Å²) in [6.07, 6.45) is 1.33. The van der Waals surface area contributed by atoms with Crippen molar-refractivity contribution in [1.29, 1.82) is 0 Å².